The average molecular weight is 548 g/mol. The van der Waals surface area contributed by atoms with E-state index in [-0.39, 0.29) is 12.1 Å². The van der Waals surface area contributed by atoms with Gasteiger partial charge in [-0.05, 0) is 60.7 Å². The Morgan fingerprint density at radius 1 is 1.26 bits per heavy atom. The second-order valence-corrected chi connectivity index (χ2v) is 9.95. The normalized spacial score (nSPS) is 16.5. The van der Waals surface area contributed by atoms with Crippen molar-refractivity contribution >= 4 is 50.6 Å². The first-order chi connectivity index (χ1) is 18.6. The van der Waals surface area contributed by atoms with Gasteiger partial charge in [0.05, 0.1) is 16.8 Å². The van der Waals surface area contributed by atoms with Gasteiger partial charge in [-0.2, -0.15) is 0 Å². The van der Waals surface area contributed by atoms with Crippen LogP contribution in [-0.2, 0) is 11.3 Å². The second-order valence-electron chi connectivity index (χ2n) is 8.59. The first kappa shape index (κ1) is 25.8. The Kier molecular flexibility index (Phi) is 8.24. The van der Waals surface area contributed by atoms with Crippen molar-refractivity contribution in [2.75, 3.05) is 18.4 Å². The third-order valence-electron chi connectivity index (χ3n) is 5.81. The highest BCUT2D eigenvalue weighted by Gasteiger charge is 2.25. The van der Waals surface area contributed by atoms with Crippen LogP contribution in [-0.4, -0.2) is 41.3 Å². The summed E-state index contributed by atoms with van der Waals surface area (Å²) in [6, 6.07) is 15.1. The third-order valence-corrected chi connectivity index (χ3v) is 6.97. The minimum absolute atomic E-state index is 0.0795. The Hall–Kier alpha value is -3.84. The molecular weight excluding hydrogens is 522 g/mol. The van der Waals surface area contributed by atoms with Crippen LogP contribution in [0.1, 0.15) is 24.7 Å². The lowest BCUT2D eigenvalue weighted by Crippen LogP contribution is -2.29. The van der Waals surface area contributed by atoms with Crippen LogP contribution < -0.4 is 20.7 Å². The van der Waals surface area contributed by atoms with E-state index in [9.17, 15) is 4.79 Å². The maximum Gasteiger partial charge on any atom is 0.407 e. The quantitative estimate of drug-likeness (QED) is 0.263. The van der Waals surface area contributed by atoms with Crippen LogP contribution in [0.4, 0.5) is 16.3 Å². The number of fused-ring (bicyclic) bond motifs is 1. The van der Waals surface area contributed by atoms with Crippen molar-refractivity contribution in [2.45, 2.75) is 32.1 Å². The SMILES string of the molecule is CCNC(=O)O[C@@H]1CN[C@H](C#Cc2cc3sccc3c(Nc3ccc(OCc4ccccn4)c(Cl)c3)n2)C1. The fourth-order valence-electron chi connectivity index (χ4n) is 3.99. The van der Waals surface area contributed by atoms with Crippen LogP contribution in [0, 0.1) is 11.8 Å². The fraction of sp³-hybridized carbons (Fsp3) is 0.250. The van der Waals surface area contributed by atoms with E-state index in [1.54, 1.807) is 17.5 Å². The Bertz CT molecular complexity index is 1480. The topological polar surface area (TPSA) is 97.4 Å². The number of ether oxygens (including phenoxy) is 2. The number of hydrogen-bond donors (Lipinski definition) is 3. The molecule has 2 atom stereocenters. The van der Waals surface area contributed by atoms with E-state index in [2.05, 4.69) is 32.8 Å². The van der Waals surface area contributed by atoms with Crippen molar-refractivity contribution in [3.05, 3.63) is 76.5 Å². The summed E-state index contributed by atoms with van der Waals surface area (Å²) < 4.78 is 12.3. The summed E-state index contributed by atoms with van der Waals surface area (Å²) in [6.07, 6.45) is 1.75. The molecule has 1 aliphatic rings. The van der Waals surface area contributed by atoms with E-state index >= 15 is 0 Å². The Morgan fingerprint density at radius 2 is 2.18 bits per heavy atom. The number of pyridine rings is 2. The largest absolute Gasteiger partial charge is 0.486 e. The minimum atomic E-state index is -0.402. The highest BCUT2D eigenvalue weighted by Crippen LogP contribution is 2.33. The molecule has 8 nitrogen and oxygen atoms in total. The summed E-state index contributed by atoms with van der Waals surface area (Å²) in [6.45, 7) is 3.29. The molecule has 1 aromatic carbocycles. The fourth-order valence-corrected chi connectivity index (χ4v) is 5.05. The van der Waals surface area contributed by atoms with Gasteiger partial charge < -0.3 is 20.1 Å². The van der Waals surface area contributed by atoms with Crippen molar-refractivity contribution in [1.29, 1.82) is 0 Å². The molecule has 38 heavy (non-hydrogen) atoms. The van der Waals surface area contributed by atoms with E-state index in [0.717, 1.165) is 21.5 Å². The first-order valence-electron chi connectivity index (χ1n) is 12.2. The summed E-state index contributed by atoms with van der Waals surface area (Å²) in [5.74, 6) is 7.68. The lowest BCUT2D eigenvalue weighted by atomic mass is 10.2. The molecule has 1 aliphatic heterocycles. The summed E-state index contributed by atoms with van der Waals surface area (Å²) in [4.78, 5) is 20.7. The van der Waals surface area contributed by atoms with E-state index in [1.807, 2.05) is 60.8 Å². The number of halogens is 1. The lowest BCUT2D eigenvalue weighted by Gasteiger charge is -2.11. The highest BCUT2D eigenvalue weighted by molar-refractivity contribution is 7.17. The van der Waals surface area contributed by atoms with Crippen LogP contribution in [0.15, 0.2) is 60.1 Å². The molecule has 0 spiro atoms. The Balaban J connectivity index is 1.27. The number of rotatable bonds is 7. The summed E-state index contributed by atoms with van der Waals surface area (Å²) in [7, 11) is 0. The summed E-state index contributed by atoms with van der Waals surface area (Å²) >= 11 is 8.13. The second kappa shape index (κ2) is 12.1. The maximum absolute atomic E-state index is 11.7. The molecule has 4 aromatic rings. The van der Waals surface area contributed by atoms with Gasteiger partial charge in [-0.15, -0.1) is 11.3 Å². The molecule has 0 radical (unpaired) electrons. The third kappa shape index (κ3) is 6.53. The molecule has 5 rings (SSSR count). The van der Waals surface area contributed by atoms with Crippen molar-refractivity contribution in [3.8, 4) is 17.6 Å². The van der Waals surface area contributed by atoms with Crippen LogP contribution in [0.5, 0.6) is 5.75 Å². The van der Waals surface area contributed by atoms with E-state index < -0.39 is 6.09 Å². The predicted octanol–water partition coefficient (Wildman–Crippen LogP) is 5.50. The van der Waals surface area contributed by atoms with E-state index in [4.69, 9.17) is 26.1 Å². The van der Waals surface area contributed by atoms with Gasteiger partial charge in [-0.1, -0.05) is 23.6 Å². The number of nitrogens with zero attached hydrogens (tertiary/aromatic N) is 2. The van der Waals surface area contributed by atoms with E-state index in [0.29, 0.717) is 48.4 Å². The number of nitrogens with one attached hydrogen (secondary N) is 3. The van der Waals surface area contributed by atoms with Gasteiger partial charge in [0, 0.05) is 41.5 Å². The summed E-state index contributed by atoms with van der Waals surface area (Å²) in [5.41, 5.74) is 2.26. The Morgan fingerprint density at radius 3 is 3.00 bits per heavy atom. The molecule has 0 bridgehead atoms. The minimum Gasteiger partial charge on any atom is -0.486 e. The molecule has 10 heteroatoms. The number of anilines is 2. The number of carbonyl (C=O) groups is 1. The predicted molar refractivity (Wildman–Crippen MR) is 150 cm³/mol. The monoisotopic (exact) mass is 547 g/mol. The maximum atomic E-state index is 11.7. The zero-order valence-electron chi connectivity index (χ0n) is 20.7. The number of alkyl carbamates (subject to hydrolysis) is 1. The molecule has 3 N–H and O–H groups in total. The molecule has 1 saturated heterocycles. The standard InChI is InChI=1S/C28H26ClN5O3S/c1-2-30-28(35)37-22-13-18(32-16-22)6-7-20-15-26-23(10-12-38-26)27(34-20)33-19-8-9-25(24(29)14-19)36-17-21-5-3-4-11-31-21/h3-5,8-12,14-15,18,22,32H,2,13,16-17H2,1H3,(H,30,35)(H,33,34)/t18-,22+/m1/s1. The number of amides is 1. The zero-order chi connectivity index (χ0) is 26.3. The smallest absolute Gasteiger partial charge is 0.407 e. The zero-order valence-corrected chi connectivity index (χ0v) is 22.2. The number of aromatic nitrogens is 2. The van der Waals surface area contributed by atoms with Crippen molar-refractivity contribution < 1.29 is 14.3 Å². The first-order valence-corrected chi connectivity index (χ1v) is 13.5. The van der Waals surface area contributed by atoms with E-state index in [1.165, 1.54) is 0 Å². The van der Waals surface area contributed by atoms with Gasteiger partial charge in [0.2, 0.25) is 0 Å². The average Bonchev–Trinajstić information content (AvgIpc) is 3.57. The molecule has 194 valence electrons. The van der Waals surface area contributed by atoms with Crippen molar-refractivity contribution in [3.63, 3.8) is 0 Å². The van der Waals surface area contributed by atoms with Gasteiger partial charge in [0.1, 0.15) is 30.0 Å². The number of benzene rings is 1. The highest BCUT2D eigenvalue weighted by atomic mass is 35.5. The number of carbonyl (C=O) groups excluding carboxylic acids is 1. The van der Waals surface area contributed by atoms with Gasteiger partial charge in [0.15, 0.2) is 0 Å². The van der Waals surface area contributed by atoms with Gasteiger partial charge in [0.25, 0.3) is 0 Å². The number of thiophene rings is 1. The van der Waals surface area contributed by atoms with Crippen LogP contribution in [0.3, 0.4) is 0 Å². The Labute approximate surface area is 229 Å². The van der Waals surface area contributed by atoms with Crippen LogP contribution in [0.25, 0.3) is 10.1 Å². The van der Waals surface area contributed by atoms with Gasteiger partial charge in [-0.25, -0.2) is 9.78 Å². The molecular formula is C28H26ClN5O3S. The van der Waals surface area contributed by atoms with Crippen molar-refractivity contribution in [1.82, 2.24) is 20.6 Å². The lowest BCUT2D eigenvalue weighted by molar-refractivity contribution is 0.107. The van der Waals surface area contributed by atoms with Crippen LogP contribution in [0.2, 0.25) is 5.02 Å². The molecule has 3 aromatic heterocycles. The number of hydrogen-bond acceptors (Lipinski definition) is 8. The van der Waals surface area contributed by atoms with Crippen molar-refractivity contribution in [2.24, 2.45) is 0 Å². The molecule has 0 unspecified atom stereocenters. The van der Waals surface area contributed by atoms with Gasteiger partial charge >= 0.3 is 6.09 Å². The van der Waals surface area contributed by atoms with Gasteiger partial charge in [-0.3, -0.25) is 10.3 Å². The summed E-state index contributed by atoms with van der Waals surface area (Å²) in [5, 5.41) is 12.8. The molecule has 1 fully saturated rings. The molecule has 0 aliphatic carbocycles. The molecule has 4 heterocycles. The molecule has 1 amide bonds. The molecule has 0 saturated carbocycles. The van der Waals surface area contributed by atoms with Crippen LogP contribution >= 0.6 is 22.9 Å².